The summed E-state index contributed by atoms with van der Waals surface area (Å²) in [5, 5.41) is 0.425. The Bertz CT molecular complexity index is 467. The third-order valence-corrected chi connectivity index (χ3v) is 3.17. The van der Waals surface area contributed by atoms with Crippen molar-refractivity contribution in [3.8, 4) is 10.6 Å². The molecule has 5 heteroatoms. The maximum absolute atomic E-state index is 5.99. The van der Waals surface area contributed by atoms with Crippen LogP contribution in [0.25, 0.3) is 10.6 Å². The molecule has 0 atom stereocenters. The molecule has 0 radical (unpaired) electrons. The fourth-order valence-corrected chi connectivity index (χ4v) is 2.24. The Balaban J connectivity index is 2.57. The van der Waals surface area contributed by atoms with E-state index in [1.807, 2.05) is 19.1 Å². The van der Waals surface area contributed by atoms with Crippen LogP contribution in [0.1, 0.15) is 4.88 Å². The van der Waals surface area contributed by atoms with Gasteiger partial charge in [0.25, 0.3) is 0 Å². The van der Waals surface area contributed by atoms with Crippen molar-refractivity contribution in [2.75, 3.05) is 5.73 Å². The fourth-order valence-electron chi connectivity index (χ4n) is 1.12. The number of nitrogens with two attached hydrogens (primary N) is 1. The number of hydrogen-bond donors (Lipinski definition) is 1. The van der Waals surface area contributed by atoms with Gasteiger partial charge in [-0.1, -0.05) is 11.6 Å². The molecule has 72 valence electrons. The summed E-state index contributed by atoms with van der Waals surface area (Å²) < 4.78 is 0. The van der Waals surface area contributed by atoms with E-state index in [1.54, 1.807) is 11.3 Å². The van der Waals surface area contributed by atoms with Gasteiger partial charge in [0.2, 0.25) is 0 Å². The molecule has 2 aromatic heterocycles. The van der Waals surface area contributed by atoms with Gasteiger partial charge in [0, 0.05) is 4.88 Å². The van der Waals surface area contributed by atoms with Crippen LogP contribution in [0.15, 0.2) is 18.5 Å². The summed E-state index contributed by atoms with van der Waals surface area (Å²) in [6, 6.07) is 4.00. The molecule has 2 aromatic rings. The Morgan fingerprint density at radius 3 is 2.79 bits per heavy atom. The summed E-state index contributed by atoms with van der Waals surface area (Å²) in [7, 11) is 0. The van der Waals surface area contributed by atoms with Crippen LogP contribution in [-0.2, 0) is 0 Å². The number of anilines is 1. The zero-order valence-corrected chi connectivity index (χ0v) is 9.06. The van der Waals surface area contributed by atoms with Gasteiger partial charge in [-0.3, -0.25) is 0 Å². The molecule has 0 spiro atoms. The third-order valence-electron chi connectivity index (χ3n) is 1.79. The van der Waals surface area contributed by atoms with Crippen molar-refractivity contribution < 1.29 is 0 Å². The van der Waals surface area contributed by atoms with Crippen molar-refractivity contribution in [2.24, 2.45) is 0 Å². The predicted molar refractivity (Wildman–Crippen MR) is 59.5 cm³/mol. The standard InChI is InChI=1S/C9H8ClN3S/c1-5-2-3-6(14-5)8-7(10)9(11)13-4-12-8/h2-4H,1H3,(H2,11,12,13). The minimum Gasteiger partial charge on any atom is -0.382 e. The molecule has 2 N–H and O–H groups in total. The summed E-state index contributed by atoms with van der Waals surface area (Å²) in [4.78, 5) is 10.2. The van der Waals surface area contributed by atoms with E-state index in [0.717, 1.165) is 4.88 Å². The zero-order chi connectivity index (χ0) is 10.1. The van der Waals surface area contributed by atoms with Crippen LogP contribution in [0.5, 0.6) is 0 Å². The highest BCUT2D eigenvalue weighted by Gasteiger charge is 2.09. The predicted octanol–water partition coefficient (Wildman–Crippen LogP) is 2.75. The fraction of sp³-hybridized carbons (Fsp3) is 0.111. The van der Waals surface area contributed by atoms with E-state index in [1.165, 1.54) is 11.2 Å². The van der Waals surface area contributed by atoms with Crippen LogP contribution >= 0.6 is 22.9 Å². The summed E-state index contributed by atoms with van der Waals surface area (Å²) in [5.74, 6) is 0.322. The largest absolute Gasteiger partial charge is 0.382 e. The van der Waals surface area contributed by atoms with Gasteiger partial charge in [-0.25, -0.2) is 9.97 Å². The van der Waals surface area contributed by atoms with Crippen molar-refractivity contribution in [3.63, 3.8) is 0 Å². The van der Waals surface area contributed by atoms with Gasteiger partial charge < -0.3 is 5.73 Å². The molecular weight excluding hydrogens is 218 g/mol. The topological polar surface area (TPSA) is 51.8 Å². The van der Waals surface area contributed by atoms with Crippen LogP contribution in [0.4, 0.5) is 5.82 Å². The van der Waals surface area contributed by atoms with E-state index in [9.17, 15) is 0 Å². The minimum absolute atomic E-state index is 0.322. The zero-order valence-electron chi connectivity index (χ0n) is 7.49. The van der Waals surface area contributed by atoms with E-state index in [0.29, 0.717) is 16.5 Å². The lowest BCUT2D eigenvalue weighted by Gasteiger charge is -2.01. The maximum atomic E-state index is 5.99. The van der Waals surface area contributed by atoms with Gasteiger partial charge in [-0.05, 0) is 19.1 Å². The number of aryl methyl sites for hydroxylation is 1. The summed E-state index contributed by atoms with van der Waals surface area (Å²) in [6.45, 7) is 2.03. The normalized spacial score (nSPS) is 10.4. The molecule has 0 saturated carbocycles. The van der Waals surface area contributed by atoms with E-state index in [-0.39, 0.29) is 0 Å². The van der Waals surface area contributed by atoms with Crippen LogP contribution in [0, 0.1) is 6.92 Å². The first-order chi connectivity index (χ1) is 6.68. The summed E-state index contributed by atoms with van der Waals surface area (Å²) in [5.41, 5.74) is 6.29. The van der Waals surface area contributed by atoms with Crippen molar-refractivity contribution in [1.82, 2.24) is 9.97 Å². The van der Waals surface area contributed by atoms with Crippen molar-refractivity contribution >= 4 is 28.8 Å². The molecule has 2 heterocycles. The second-order valence-electron chi connectivity index (χ2n) is 2.83. The lowest BCUT2D eigenvalue weighted by atomic mass is 10.3. The molecule has 3 nitrogen and oxygen atoms in total. The number of thiophene rings is 1. The third kappa shape index (κ3) is 1.58. The number of rotatable bonds is 1. The SMILES string of the molecule is Cc1ccc(-c2ncnc(N)c2Cl)s1. The second kappa shape index (κ2) is 3.55. The first-order valence-electron chi connectivity index (χ1n) is 4.01. The lowest BCUT2D eigenvalue weighted by Crippen LogP contribution is -1.94. The summed E-state index contributed by atoms with van der Waals surface area (Å²) in [6.07, 6.45) is 1.42. The van der Waals surface area contributed by atoms with Crippen LogP contribution in [0.3, 0.4) is 0 Å². The van der Waals surface area contributed by atoms with E-state index in [2.05, 4.69) is 9.97 Å². The Morgan fingerprint density at radius 1 is 1.36 bits per heavy atom. The molecule has 0 aliphatic rings. The number of aromatic nitrogens is 2. The molecule has 2 rings (SSSR count). The van der Waals surface area contributed by atoms with Gasteiger partial charge in [-0.15, -0.1) is 11.3 Å². The number of nitrogens with zero attached hydrogens (tertiary/aromatic N) is 2. The highest BCUT2D eigenvalue weighted by Crippen LogP contribution is 2.33. The summed E-state index contributed by atoms with van der Waals surface area (Å²) >= 11 is 7.63. The maximum Gasteiger partial charge on any atom is 0.146 e. The van der Waals surface area contributed by atoms with Crippen LogP contribution in [0.2, 0.25) is 5.02 Å². The number of nitrogen functional groups attached to an aromatic ring is 1. The minimum atomic E-state index is 0.322. The van der Waals surface area contributed by atoms with Crippen molar-refractivity contribution in [2.45, 2.75) is 6.92 Å². The van der Waals surface area contributed by atoms with Gasteiger partial charge >= 0.3 is 0 Å². The molecule has 0 unspecified atom stereocenters. The Labute approximate surface area is 90.6 Å². The molecular formula is C9H8ClN3S. The van der Waals surface area contributed by atoms with Gasteiger partial charge in [-0.2, -0.15) is 0 Å². The molecule has 0 bridgehead atoms. The van der Waals surface area contributed by atoms with E-state index >= 15 is 0 Å². The van der Waals surface area contributed by atoms with E-state index in [4.69, 9.17) is 17.3 Å². The Hall–Kier alpha value is -1.13. The monoisotopic (exact) mass is 225 g/mol. The molecule has 0 aliphatic carbocycles. The highest BCUT2D eigenvalue weighted by molar-refractivity contribution is 7.15. The lowest BCUT2D eigenvalue weighted by molar-refractivity contribution is 1.19. The van der Waals surface area contributed by atoms with Gasteiger partial charge in [0.05, 0.1) is 4.88 Å². The highest BCUT2D eigenvalue weighted by atomic mass is 35.5. The average molecular weight is 226 g/mol. The molecule has 0 aliphatic heterocycles. The Kier molecular flexibility index (Phi) is 2.39. The number of hydrogen-bond acceptors (Lipinski definition) is 4. The molecule has 0 fully saturated rings. The molecule has 0 saturated heterocycles. The van der Waals surface area contributed by atoms with Crippen molar-refractivity contribution in [1.29, 1.82) is 0 Å². The first kappa shape index (κ1) is 9.43. The van der Waals surface area contributed by atoms with Crippen LogP contribution < -0.4 is 5.73 Å². The second-order valence-corrected chi connectivity index (χ2v) is 4.50. The smallest absolute Gasteiger partial charge is 0.146 e. The average Bonchev–Trinajstić information content (AvgIpc) is 2.57. The number of halogens is 1. The molecule has 0 amide bonds. The molecule has 0 aromatic carbocycles. The van der Waals surface area contributed by atoms with Crippen molar-refractivity contribution in [3.05, 3.63) is 28.4 Å². The Morgan fingerprint density at radius 2 is 2.14 bits per heavy atom. The molecule has 14 heavy (non-hydrogen) atoms. The first-order valence-corrected chi connectivity index (χ1v) is 5.20. The van der Waals surface area contributed by atoms with Gasteiger partial charge in [0.15, 0.2) is 0 Å². The van der Waals surface area contributed by atoms with Gasteiger partial charge in [0.1, 0.15) is 22.9 Å². The van der Waals surface area contributed by atoms with E-state index < -0.39 is 0 Å². The quantitative estimate of drug-likeness (QED) is 0.812. The van der Waals surface area contributed by atoms with Crippen LogP contribution in [-0.4, -0.2) is 9.97 Å².